The van der Waals surface area contributed by atoms with Gasteiger partial charge in [0.05, 0.1) is 24.5 Å². The van der Waals surface area contributed by atoms with E-state index in [2.05, 4.69) is 17.6 Å². The molecule has 0 unspecified atom stereocenters. The largest absolute Gasteiger partial charge is 0.494 e. The molecule has 0 radical (unpaired) electrons. The summed E-state index contributed by atoms with van der Waals surface area (Å²) in [7, 11) is 0. The van der Waals surface area contributed by atoms with Crippen molar-refractivity contribution >= 4 is 23.4 Å². The van der Waals surface area contributed by atoms with E-state index in [1.54, 1.807) is 29.2 Å². The number of carbonyl (C=O) groups is 3. The number of hydrogen-bond donors (Lipinski definition) is 2. The monoisotopic (exact) mass is 495 g/mol. The van der Waals surface area contributed by atoms with Crippen molar-refractivity contribution in [3.63, 3.8) is 0 Å². The third kappa shape index (κ3) is 3.99. The third-order valence-electron chi connectivity index (χ3n) is 8.29. The van der Waals surface area contributed by atoms with Gasteiger partial charge in [0, 0.05) is 17.8 Å². The van der Waals surface area contributed by atoms with Crippen molar-refractivity contribution in [2.75, 3.05) is 11.9 Å². The van der Waals surface area contributed by atoms with Crippen molar-refractivity contribution in [1.82, 2.24) is 10.2 Å². The number of rotatable bonds is 7. The van der Waals surface area contributed by atoms with Gasteiger partial charge >= 0.3 is 0 Å². The minimum Gasteiger partial charge on any atom is -0.494 e. The maximum absolute atomic E-state index is 13.8. The Hall–Kier alpha value is -2.87. The average molecular weight is 496 g/mol. The van der Waals surface area contributed by atoms with Crippen LogP contribution < -0.4 is 15.4 Å². The highest BCUT2D eigenvalue weighted by Crippen LogP contribution is 2.55. The molecule has 2 bridgehead atoms. The van der Waals surface area contributed by atoms with Crippen LogP contribution in [-0.4, -0.2) is 59.1 Å². The van der Waals surface area contributed by atoms with Gasteiger partial charge in [-0.15, -0.1) is 0 Å². The molecule has 3 heterocycles. The zero-order valence-electron chi connectivity index (χ0n) is 21.5. The Kier molecular flexibility index (Phi) is 6.57. The third-order valence-corrected chi connectivity index (χ3v) is 8.29. The number of hydrogen-bond acceptors (Lipinski definition) is 5. The predicted molar refractivity (Wildman–Crippen MR) is 135 cm³/mol. The summed E-state index contributed by atoms with van der Waals surface area (Å²) in [4.78, 5) is 42.7. The lowest BCUT2D eigenvalue weighted by atomic mass is 9.74. The molecule has 5 rings (SSSR count). The smallest absolute Gasteiger partial charge is 0.246 e. The van der Waals surface area contributed by atoms with Gasteiger partial charge in [0.2, 0.25) is 17.7 Å². The van der Waals surface area contributed by atoms with E-state index in [-0.39, 0.29) is 29.8 Å². The molecule has 1 aromatic rings. The Balaban J connectivity index is 1.39. The van der Waals surface area contributed by atoms with Gasteiger partial charge in [-0.05, 0) is 63.8 Å². The summed E-state index contributed by atoms with van der Waals surface area (Å²) in [6, 6.07) is 6.24. The molecule has 3 fully saturated rings. The van der Waals surface area contributed by atoms with Gasteiger partial charge in [0.1, 0.15) is 17.4 Å². The zero-order chi connectivity index (χ0) is 25.6. The van der Waals surface area contributed by atoms with Gasteiger partial charge < -0.3 is 25.0 Å². The summed E-state index contributed by atoms with van der Waals surface area (Å²) in [5.74, 6) is -0.986. The summed E-state index contributed by atoms with van der Waals surface area (Å²) >= 11 is 0. The van der Waals surface area contributed by atoms with Gasteiger partial charge in [-0.3, -0.25) is 14.4 Å². The molecule has 8 nitrogen and oxygen atoms in total. The number of nitrogens with one attached hydrogen (secondary N) is 2. The van der Waals surface area contributed by atoms with Crippen LogP contribution in [0.25, 0.3) is 0 Å². The summed E-state index contributed by atoms with van der Waals surface area (Å²) in [6.07, 6.45) is 7.46. The van der Waals surface area contributed by atoms with E-state index < -0.39 is 29.6 Å². The van der Waals surface area contributed by atoms with E-state index in [1.807, 2.05) is 32.9 Å². The van der Waals surface area contributed by atoms with E-state index in [4.69, 9.17) is 9.47 Å². The van der Waals surface area contributed by atoms with Crippen molar-refractivity contribution in [3.05, 3.63) is 36.4 Å². The zero-order valence-corrected chi connectivity index (χ0v) is 21.5. The topological polar surface area (TPSA) is 97.0 Å². The Labute approximate surface area is 212 Å². The van der Waals surface area contributed by atoms with Crippen LogP contribution in [0.1, 0.15) is 53.4 Å². The molecular weight excluding hydrogens is 458 g/mol. The minimum absolute atomic E-state index is 0.0900. The highest BCUT2D eigenvalue weighted by Gasteiger charge is 2.73. The Morgan fingerprint density at radius 3 is 2.56 bits per heavy atom. The molecular formula is C28H37N3O5. The molecule has 1 saturated carbocycles. The second-order valence-corrected chi connectivity index (χ2v) is 10.9. The summed E-state index contributed by atoms with van der Waals surface area (Å²) in [6.45, 7) is 8.46. The van der Waals surface area contributed by atoms with E-state index in [9.17, 15) is 14.4 Å². The van der Waals surface area contributed by atoms with Gasteiger partial charge in [0.25, 0.3) is 0 Å². The fourth-order valence-corrected chi connectivity index (χ4v) is 6.58. The molecule has 0 aromatic heterocycles. The van der Waals surface area contributed by atoms with Crippen LogP contribution in [-0.2, 0) is 19.1 Å². The second kappa shape index (κ2) is 9.54. The highest BCUT2D eigenvalue weighted by molar-refractivity contribution is 6.02. The van der Waals surface area contributed by atoms with Crippen LogP contribution >= 0.6 is 0 Å². The fourth-order valence-electron chi connectivity index (χ4n) is 6.58. The maximum atomic E-state index is 13.8. The van der Waals surface area contributed by atoms with Crippen LogP contribution in [0.3, 0.4) is 0 Å². The summed E-state index contributed by atoms with van der Waals surface area (Å²) in [5.41, 5.74) is -0.509. The second-order valence-electron chi connectivity index (χ2n) is 10.9. The number of anilines is 1. The van der Waals surface area contributed by atoms with Crippen LogP contribution in [0.15, 0.2) is 36.4 Å². The van der Waals surface area contributed by atoms with Crippen molar-refractivity contribution in [3.8, 4) is 5.75 Å². The van der Waals surface area contributed by atoms with E-state index in [0.29, 0.717) is 18.2 Å². The van der Waals surface area contributed by atoms with Crippen LogP contribution in [0.5, 0.6) is 5.75 Å². The Morgan fingerprint density at radius 1 is 1.17 bits per heavy atom. The quantitative estimate of drug-likeness (QED) is 0.566. The first-order valence-electron chi connectivity index (χ1n) is 13.3. The van der Waals surface area contributed by atoms with Crippen molar-refractivity contribution in [1.29, 1.82) is 0 Å². The molecule has 7 atom stereocenters. The van der Waals surface area contributed by atoms with Crippen molar-refractivity contribution in [2.24, 2.45) is 17.8 Å². The van der Waals surface area contributed by atoms with Gasteiger partial charge in [-0.2, -0.15) is 0 Å². The molecule has 2 saturated heterocycles. The lowest BCUT2D eigenvalue weighted by Crippen LogP contribution is -2.58. The van der Waals surface area contributed by atoms with Crippen LogP contribution in [0, 0.1) is 17.8 Å². The van der Waals surface area contributed by atoms with E-state index in [1.165, 1.54) is 6.42 Å². The van der Waals surface area contributed by atoms with Crippen molar-refractivity contribution in [2.45, 2.75) is 83.2 Å². The van der Waals surface area contributed by atoms with Gasteiger partial charge in [0.15, 0.2) is 0 Å². The highest BCUT2D eigenvalue weighted by atomic mass is 16.5. The molecule has 194 valence electrons. The molecule has 3 aliphatic heterocycles. The number of nitrogens with zero attached hydrogens (tertiary/aromatic N) is 1. The molecule has 1 aromatic carbocycles. The van der Waals surface area contributed by atoms with Crippen molar-refractivity contribution < 1.29 is 23.9 Å². The number of benzene rings is 1. The SMILES string of the molecule is CCOc1ccc(NC(=O)[C@H]2[C@H]3C=C[C@@]4(O3)[C@H]2C(=O)N(C(C)C)[C@@H]4C(=O)N[C@H]2CCCC[C@H]2C)cc1. The van der Waals surface area contributed by atoms with Crippen LogP contribution in [0.2, 0.25) is 0 Å². The number of ether oxygens (including phenoxy) is 2. The molecule has 1 aliphatic carbocycles. The molecule has 2 N–H and O–H groups in total. The molecule has 3 amide bonds. The van der Waals surface area contributed by atoms with E-state index in [0.717, 1.165) is 25.0 Å². The number of carbonyl (C=O) groups excluding carboxylic acids is 3. The number of likely N-dealkylation sites (tertiary alicyclic amines) is 1. The first-order chi connectivity index (χ1) is 17.3. The molecule has 1 spiro atoms. The summed E-state index contributed by atoms with van der Waals surface area (Å²) < 4.78 is 11.9. The number of fused-ring (bicyclic) bond motifs is 1. The first kappa shape index (κ1) is 24.8. The van der Waals surface area contributed by atoms with Gasteiger partial charge in [-0.1, -0.05) is 31.9 Å². The Morgan fingerprint density at radius 2 is 1.89 bits per heavy atom. The molecule has 4 aliphatic rings. The minimum atomic E-state index is -1.13. The first-order valence-corrected chi connectivity index (χ1v) is 13.3. The average Bonchev–Trinajstić information content (AvgIpc) is 3.49. The normalized spacial score (nSPS) is 34.7. The van der Waals surface area contributed by atoms with Gasteiger partial charge in [-0.25, -0.2) is 0 Å². The van der Waals surface area contributed by atoms with Crippen LogP contribution in [0.4, 0.5) is 5.69 Å². The Bertz CT molecular complexity index is 1050. The lowest BCUT2D eigenvalue weighted by molar-refractivity contribution is -0.143. The molecule has 36 heavy (non-hydrogen) atoms. The van der Waals surface area contributed by atoms with E-state index >= 15 is 0 Å². The fraction of sp³-hybridized carbons (Fsp3) is 0.607. The lowest BCUT2D eigenvalue weighted by Gasteiger charge is -2.37. The summed E-state index contributed by atoms with van der Waals surface area (Å²) in [5, 5.41) is 6.19. The number of amides is 3. The maximum Gasteiger partial charge on any atom is 0.246 e. The molecule has 8 heteroatoms. The standard InChI is InChI=1S/C28H37N3O5/c1-5-35-19-12-10-18(11-13-19)29-25(32)22-21-14-15-28(36-21)23(22)27(34)31(16(2)3)24(28)26(33)30-20-9-7-6-8-17(20)4/h10-17,20-24H,5-9H2,1-4H3,(H,29,32)(H,30,33)/t17-,20+,21-,22+,23-,24-,28-/m1/s1. The predicted octanol–water partition coefficient (Wildman–Crippen LogP) is 3.28.